The monoisotopic (exact) mass is 379 g/mol. The van der Waals surface area contributed by atoms with Crippen molar-refractivity contribution in [3.05, 3.63) is 18.3 Å². The van der Waals surface area contributed by atoms with Gasteiger partial charge in [0, 0.05) is 26.9 Å². The third kappa shape index (κ3) is 4.01. The third-order valence-electron chi connectivity index (χ3n) is 4.34. The van der Waals surface area contributed by atoms with Crippen molar-refractivity contribution in [2.75, 3.05) is 35.8 Å². The average Bonchev–Trinajstić information content (AvgIpc) is 2.95. The molecule has 0 aliphatic carbocycles. The second-order valence-electron chi connectivity index (χ2n) is 6.60. The van der Waals surface area contributed by atoms with Gasteiger partial charge in [-0.05, 0) is 18.6 Å². The topological polar surface area (TPSA) is 112 Å². The van der Waals surface area contributed by atoms with Crippen molar-refractivity contribution in [2.45, 2.75) is 25.3 Å². The molecule has 0 bridgehead atoms. The van der Waals surface area contributed by atoms with Gasteiger partial charge in [0.05, 0.1) is 29.4 Å². The van der Waals surface area contributed by atoms with Crippen molar-refractivity contribution in [2.24, 2.45) is 5.10 Å². The fourth-order valence-corrected chi connectivity index (χ4v) is 4.61. The molecule has 10 heteroatoms. The third-order valence-corrected chi connectivity index (χ3v) is 6.09. The Labute approximate surface area is 152 Å². The maximum atomic E-state index is 12.4. The normalized spacial score (nSPS) is 22.1. The lowest BCUT2D eigenvalue weighted by Crippen LogP contribution is -2.42. The standard InChI is InChI=1S/C16H21N5O4S/c1-20(2)14-5-3-11(9-17-14)18-16(23)13-4-6-15(22)21(19-13)12-7-8-26(24,25)10-12/h3,5,9,12H,4,6-8,10H2,1-2H3,(H,18,23). The Morgan fingerprint density at radius 3 is 2.65 bits per heavy atom. The molecule has 0 spiro atoms. The van der Waals surface area contributed by atoms with Gasteiger partial charge in [-0.2, -0.15) is 5.10 Å². The van der Waals surface area contributed by atoms with Gasteiger partial charge in [-0.1, -0.05) is 0 Å². The van der Waals surface area contributed by atoms with Gasteiger partial charge in [0.2, 0.25) is 5.91 Å². The van der Waals surface area contributed by atoms with Crippen LogP contribution in [0.1, 0.15) is 19.3 Å². The average molecular weight is 379 g/mol. The highest BCUT2D eigenvalue weighted by molar-refractivity contribution is 7.91. The molecule has 0 aromatic carbocycles. The summed E-state index contributed by atoms with van der Waals surface area (Å²) in [5.74, 6) is 0.0377. The molecule has 1 N–H and O–H groups in total. The first kappa shape index (κ1) is 18.3. The number of aromatic nitrogens is 1. The van der Waals surface area contributed by atoms with Gasteiger partial charge in [-0.25, -0.2) is 18.4 Å². The largest absolute Gasteiger partial charge is 0.363 e. The van der Waals surface area contributed by atoms with E-state index in [1.54, 1.807) is 18.3 Å². The molecule has 1 saturated heterocycles. The summed E-state index contributed by atoms with van der Waals surface area (Å²) in [7, 11) is 0.593. The summed E-state index contributed by atoms with van der Waals surface area (Å²) in [6.45, 7) is 0. The molecular formula is C16H21N5O4S. The van der Waals surface area contributed by atoms with Crippen LogP contribution in [0.15, 0.2) is 23.4 Å². The number of hydrazone groups is 1. The summed E-state index contributed by atoms with van der Waals surface area (Å²) in [6, 6.07) is 3.02. The van der Waals surface area contributed by atoms with Gasteiger partial charge < -0.3 is 10.2 Å². The SMILES string of the molecule is CN(C)c1ccc(NC(=O)C2=NN(C3CCS(=O)(=O)C3)C(=O)CC2)cn1. The number of rotatable bonds is 4. The molecule has 0 radical (unpaired) electrons. The van der Waals surface area contributed by atoms with Gasteiger partial charge in [0.25, 0.3) is 5.91 Å². The number of carbonyl (C=O) groups is 2. The van der Waals surface area contributed by atoms with Gasteiger partial charge >= 0.3 is 0 Å². The van der Waals surface area contributed by atoms with Crippen molar-refractivity contribution < 1.29 is 18.0 Å². The van der Waals surface area contributed by atoms with Gasteiger partial charge in [-0.15, -0.1) is 0 Å². The summed E-state index contributed by atoms with van der Waals surface area (Å²) >= 11 is 0. The summed E-state index contributed by atoms with van der Waals surface area (Å²) in [5, 5.41) is 8.04. The molecule has 3 heterocycles. The van der Waals surface area contributed by atoms with Crippen molar-refractivity contribution in [1.82, 2.24) is 9.99 Å². The van der Waals surface area contributed by atoms with E-state index in [1.165, 1.54) is 5.01 Å². The minimum absolute atomic E-state index is 0.0440. The Kier molecular flexibility index (Phi) is 4.94. The van der Waals surface area contributed by atoms with E-state index in [4.69, 9.17) is 0 Å². The zero-order valence-electron chi connectivity index (χ0n) is 14.7. The van der Waals surface area contributed by atoms with Crippen LogP contribution in [0.5, 0.6) is 0 Å². The van der Waals surface area contributed by atoms with Crippen molar-refractivity contribution in [1.29, 1.82) is 0 Å². The van der Waals surface area contributed by atoms with Crippen LogP contribution in [-0.2, 0) is 19.4 Å². The first-order valence-electron chi connectivity index (χ1n) is 8.30. The zero-order valence-corrected chi connectivity index (χ0v) is 15.5. The molecule has 3 rings (SSSR count). The van der Waals surface area contributed by atoms with Crippen LogP contribution in [0.4, 0.5) is 11.5 Å². The molecule has 2 aliphatic rings. The highest BCUT2D eigenvalue weighted by Gasteiger charge is 2.37. The van der Waals surface area contributed by atoms with E-state index < -0.39 is 21.8 Å². The lowest BCUT2D eigenvalue weighted by molar-refractivity contribution is -0.133. The number of pyridine rings is 1. The Balaban J connectivity index is 1.72. The molecular weight excluding hydrogens is 358 g/mol. The van der Waals surface area contributed by atoms with E-state index in [0.29, 0.717) is 12.1 Å². The minimum atomic E-state index is -3.14. The number of nitrogens with zero attached hydrogens (tertiary/aromatic N) is 4. The molecule has 1 unspecified atom stereocenters. The van der Waals surface area contributed by atoms with Crippen LogP contribution >= 0.6 is 0 Å². The number of hydrogen-bond acceptors (Lipinski definition) is 7. The van der Waals surface area contributed by atoms with Crippen molar-refractivity contribution >= 4 is 38.9 Å². The predicted octanol–water partition coefficient (Wildman–Crippen LogP) is 0.252. The number of sulfone groups is 1. The van der Waals surface area contributed by atoms with Crippen molar-refractivity contribution in [3.8, 4) is 0 Å². The Morgan fingerprint density at radius 2 is 2.08 bits per heavy atom. The second kappa shape index (κ2) is 7.02. The van der Waals surface area contributed by atoms with Crippen molar-refractivity contribution in [3.63, 3.8) is 0 Å². The Bertz CT molecular complexity index is 848. The summed E-state index contributed by atoms with van der Waals surface area (Å²) in [5.41, 5.74) is 0.737. The fraction of sp³-hybridized carbons (Fsp3) is 0.500. The Morgan fingerprint density at radius 1 is 1.31 bits per heavy atom. The number of nitrogens with one attached hydrogen (secondary N) is 1. The quantitative estimate of drug-likeness (QED) is 0.803. The van der Waals surface area contributed by atoms with Gasteiger partial charge in [0.15, 0.2) is 9.84 Å². The van der Waals surface area contributed by atoms with Crippen LogP contribution in [0, 0.1) is 0 Å². The molecule has 9 nitrogen and oxygen atoms in total. The Hall–Kier alpha value is -2.49. The first-order chi connectivity index (χ1) is 12.2. The molecule has 1 atom stereocenters. The summed E-state index contributed by atoms with van der Waals surface area (Å²) in [6.07, 6.45) is 2.26. The molecule has 2 aliphatic heterocycles. The van der Waals surface area contributed by atoms with Gasteiger partial charge in [-0.3, -0.25) is 9.59 Å². The molecule has 1 aromatic rings. The highest BCUT2D eigenvalue weighted by atomic mass is 32.2. The number of anilines is 2. The predicted molar refractivity (Wildman–Crippen MR) is 97.8 cm³/mol. The van der Waals surface area contributed by atoms with Gasteiger partial charge in [0.1, 0.15) is 11.5 Å². The van der Waals surface area contributed by atoms with E-state index >= 15 is 0 Å². The van der Waals surface area contributed by atoms with E-state index in [2.05, 4.69) is 15.4 Å². The molecule has 2 amide bonds. The van der Waals surface area contributed by atoms with E-state index in [-0.39, 0.29) is 36.0 Å². The zero-order chi connectivity index (χ0) is 18.9. The lowest BCUT2D eigenvalue weighted by Gasteiger charge is -2.27. The van der Waals surface area contributed by atoms with Crippen LogP contribution in [-0.4, -0.2) is 67.6 Å². The molecule has 26 heavy (non-hydrogen) atoms. The smallest absolute Gasteiger partial charge is 0.271 e. The number of carbonyl (C=O) groups excluding carboxylic acids is 2. The van der Waals surface area contributed by atoms with E-state index in [1.807, 2.05) is 19.0 Å². The van der Waals surface area contributed by atoms with Crippen LogP contribution in [0.25, 0.3) is 0 Å². The van der Waals surface area contributed by atoms with E-state index in [0.717, 1.165) is 5.82 Å². The molecule has 1 aromatic heterocycles. The highest BCUT2D eigenvalue weighted by Crippen LogP contribution is 2.22. The maximum Gasteiger partial charge on any atom is 0.271 e. The van der Waals surface area contributed by atoms with Crippen LogP contribution in [0.2, 0.25) is 0 Å². The van der Waals surface area contributed by atoms with Crippen LogP contribution < -0.4 is 10.2 Å². The molecule has 1 fully saturated rings. The second-order valence-corrected chi connectivity index (χ2v) is 8.82. The minimum Gasteiger partial charge on any atom is -0.363 e. The number of amides is 2. The first-order valence-corrected chi connectivity index (χ1v) is 10.1. The fourth-order valence-electron chi connectivity index (χ4n) is 2.92. The summed E-state index contributed by atoms with van der Waals surface area (Å²) in [4.78, 5) is 30.6. The van der Waals surface area contributed by atoms with Crippen LogP contribution in [0.3, 0.4) is 0 Å². The maximum absolute atomic E-state index is 12.4. The van der Waals surface area contributed by atoms with E-state index in [9.17, 15) is 18.0 Å². The molecule has 140 valence electrons. The molecule has 0 saturated carbocycles. The number of hydrogen-bond donors (Lipinski definition) is 1. The summed E-state index contributed by atoms with van der Waals surface area (Å²) < 4.78 is 23.3. The lowest BCUT2D eigenvalue weighted by atomic mass is 10.1.